The van der Waals surface area contributed by atoms with Crippen molar-refractivity contribution in [2.75, 3.05) is 6.54 Å². The van der Waals surface area contributed by atoms with Gasteiger partial charge in [0.1, 0.15) is 0 Å². The number of hydrogen-bond acceptors (Lipinski definition) is 1. The fraction of sp³-hybridized carbons (Fsp3) is 0.0588. The van der Waals surface area contributed by atoms with Gasteiger partial charge in [0.15, 0.2) is 0 Å². The van der Waals surface area contributed by atoms with E-state index in [1.165, 1.54) is 10.8 Å². The zero-order valence-electron chi connectivity index (χ0n) is 9.98. The molecule has 0 saturated heterocycles. The normalized spacial score (nSPS) is 13.4. The Morgan fingerprint density at radius 2 is 1.83 bits per heavy atom. The summed E-state index contributed by atoms with van der Waals surface area (Å²) >= 11 is 0. The fourth-order valence-corrected chi connectivity index (χ4v) is 2.03. The molecule has 1 heterocycles. The van der Waals surface area contributed by atoms with Crippen molar-refractivity contribution < 1.29 is 0 Å². The Balaban J connectivity index is 2.03. The van der Waals surface area contributed by atoms with Gasteiger partial charge in [0.2, 0.25) is 0 Å². The second kappa shape index (κ2) is 4.81. The van der Waals surface area contributed by atoms with Crippen LogP contribution < -0.4 is 5.32 Å². The summed E-state index contributed by atoms with van der Waals surface area (Å²) < 4.78 is 0. The van der Waals surface area contributed by atoms with Crippen molar-refractivity contribution in [2.24, 2.45) is 0 Å². The highest BCUT2D eigenvalue weighted by Gasteiger charge is 1.97. The minimum atomic E-state index is 0.814. The van der Waals surface area contributed by atoms with Crippen LogP contribution in [0.5, 0.6) is 0 Å². The lowest BCUT2D eigenvalue weighted by Gasteiger charge is -2.03. The second-order valence-electron chi connectivity index (χ2n) is 4.21. The molecule has 86 valence electrons. The molecule has 3 rings (SSSR count). The first-order valence-corrected chi connectivity index (χ1v) is 6.02. The van der Waals surface area contributed by atoms with E-state index in [0.29, 0.717) is 0 Å². The first-order valence-electron chi connectivity index (χ1n) is 6.02. The molecule has 1 N–H and O–H groups in total. The van der Waals surface area contributed by atoms with Crippen LogP contribution >= 0.6 is 0 Å². The molecule has 0 unspecified atom stereocenters. The molecular weight excluding hydrogens is 218 g/mol. The molecule has 2 aromatic rings. The van der Waals surface area contributed by atoms with Gasteiger partial charge >= 0.3 is 0 Å². The molecule has 2 aromatic carbocycles. The third-order valence-corrected chi connectivity index (χ3v) is 2.95. The van der Waals surface area contributed by atoms with Gasteiger partial charge in [0.25, 0.3) is 0 Å². The maximum Gasteiger partial charge on any atom is 0.0474 e. The third-order valence-electron chi connectivity index (χ3n) is 2.95. The number of nitrogens with one attached hydrogen (secondary N) is 1. The highest BCUT2D eigenvalue weighted by Crippen LogP contribution is 2.17. The Morgan fingerprint density at radius 3 is 2.72 bits per heavy atom. The van der Waals surface area contributed by atoms with Gasteiger partial charge in [-0.15, -0.1) is 0 Å². The van der Waals surface area contributed by atoms with Gasteiger partial charge in [-0.3, -0.25) is 0 Å². The van der Waals surface area contributed by atoms with E-state index in [1.54, 1.807) is 0 Å². The van der Waals surface area contributed by atoms with Crippen molar-refractivity contribution in [3.05, 3.63) is 72.0 Å². The molecule has 0 bridgehead atoms. The van der Waals surface area contributed by atoms with Crippen LogP contribution in [0.4, 0.5) is 0 Å². The molecule has 0 aliphatic carbocycles. The van der Waals surface area contributed by atoms with Crippen LogP contribution in [0.1, 0.15) is 5.56 Å². The summed E-state index contributed by atoms with van der Waals surface area (Å²) in [6.45, 7) is 0.814. The lowest BCUT2D eigenvalue weighted by atomic mass is 10.0. The monoisotopic (exact) mass is 231 g/mol. The number of hydrogen-bond donors (Lipinski definition) is 1. The summed E-state index contributed by atoms with van der Waals surface area (Å²) in [5.41, 5.74) is 2.20. The van der Waals surface area contributed by atoms with E-state index < -0.39 is 0 Å². The maximum atomic E-state index is 3.27. The average Bonchev–Trinajstić information content (AvgIpc) is 2.46. The third kappa shape index (κ3) is 2.14. The Labute approximate surface area is 107 Å². The van der Waals surface area contributed by atoms with E-state index in [4.69, 9.17) is 0 Å². The standard InChI is InChI=1S/C17H13N/c1-2-9-17-15(6-1)7-3-8-16(17)11-10-14-5-4-12-18-13-14/h1-9,12,18H,13H2. The van der Waals surface area contributed by atoms with Crippen LogP contribution in [-0.4, -0.2) is 6.54 Å². The minimum Gasteiger partial charge on any atom is -0.386 e. The SMILES string of the molecule is C(#Cc1cccc2ccccc12)C1=CC=CNC1. The van der Waals surface area contributed by atoms with E-state index in [0.717, 1.165) is 17.7 Å². The summed E-state index contributed by atoms with van der Waals surface area (Å²) in [4.78, 5) is 0. The predicted molar refractivity (Wildman–Crippen MR) is 76.1 cm³/mol. The molecule has 0 saturated carbocycles. The molecule has 1 aliphatic rings. The van der Waals surface area contributed by atoms with Crippen LogP contribution in [0, 0.1) is 11.8 Å². The highest BCUT2D eigenvalue weighted by molar-refractivity contribution is 5.88. The van der Waals surface area contributed by atoms with Gasteiger partial charge in [-0.1, -0.05) is 48.2 Å². The fourth-order valence-electron chi connectivity index (χ4n) is 2.03. The van der Waals surface area contributed by atoms with Crippen molar-refractivity contribution >= 4 is 10.8 Å². The summed E-state index contributed by atoms with van der Waals surface area (Å²) in [6, 6.07) is 14.6. The quantitative estimate of drug-likeness (QED) is 0.686. The molecule has 1 nitrogen and oxygen atoms in total. The molecule has 0 spiro atoms. The maximum absolute atomic E-state index is 3.27. The van der Waals surface area contributed by atoms with Crippen molar-refractivity contribution in [1.29, 1.82) is 0 Å². The first kappa shape index (κ1) is 10.7. The Kier molecular flexibility index (Phi) is 2.85. The van der Waals surface area contributed by atoms with Crippen molar-refractivity contribution in [3.8, 4) is 11.8 Å². The molecule has 0 atom stereocenters. The largest absolute Gasteiger partial charge is 0.386 e. The summed E-state index contributed by atoms with van der Waals surface area (Å²) in [7, 11) is 0. The Morgan fingerprint density at radius 1 is 0.944 bits per heavy atom. The van der Waals surface area contributed by atoms with Gasteiger partial charge in [-0.2, -0.15) is 0 Å². The predicted octanol–water partition coefficient (Wildman–Crippen LogP) is 3.23. The van der Waals surface area contributed by atoms with E-state index >= 15 is 0 Å². The van der Waals surface area contributed by atoms with E-state index in [2.05, 4.69) is 65.7 Å². The first-order chi connectivity index (χ1) is 8.93. The zero-order valence-corrected chi connectivity index (χ0v) is 9.98. The van der Waals surface area contributed by atoms with Crippen molar-refractivity contribution in [1.82, 2.24) is 5.32 Å². The van der Waals surface area contributed by atoms with Crippen LogP contribution in [0.3, 0.4) is 0 Å². The number of dihydropyridines is 1. The lowest BCUT2D eigenvalue weighted by Crippen LogP contribution is -2.11. The number of fused-ring (bicyclic) bond motifs is 1. The second-order valence-corrected chi connectivity index (χ2v) is 4.21. The molecular formula is C17H13N. The van der Waals surface area contributed by atoms with Gasteiger partial charge in [-0.25, -0.2) is 0 Å². The smallest absolute Gasteiger partial charge is 0.0474 e. The molecule has 0 amide bonds. The van der Waals surface area contributed by atoms with Crippen LogP contribution in [0.25, 0.3) is 10.8 Å². The summed E-state index contributed by atoms with van der Waals surface area (Å²) in [5, 5.41) is 5.61. The van der Waals surface area contributed by atoms with Crippen molar-refractivity contribution in [2.45, 2.75) is 0 Å². The molecule has 0 aromatic heterocycles. The van der Waals surface area contributed by atoms with Crippen molar-refractivity contribution in [3.63, 3.8) is 0 Å². The van der Waals surface area contributed by atoms with E-state index in [1.807, 2.05) is 12.3 Å². The number of benzene rings is 2. The molecule has 0 fully saturated rings. The van der Waals surface area contributed by atoms with Gasteiger partial charge in [0.05, 0.1) is 0 Å². The summed E-state index contributed by atoms with van der Waals surface area (Å²) in [6.07, 6.45) is 5.97. The summed E-state index contributed by atoms with van der Waals surface area (Å²) in [5.74, 6) is 6.49. The van der Waals surface area contributed by atoms with Gasteiger partial charge in [0, 0.05) is 17.7 Å². The lowest BCUT2D eigenvalue weighted by molar-refractivity contribution is 0.947. The van der Waals surface area contributed by atoms with Crippen LogP contribution in [-0.2, 0) is 0 Å². The Hall–Kier alpha value is -2.46. The van der Waals surface area contributed by atoms with E-state index in [9.17, 15) is 0 Å². The molecule has 1 aliphatic heterocycles. The highest BCUT2D eigenvalue weighted by atomic mass is 14.8. The van der Waals surface area contributed by atoms with E-state index in [-0.39, 0.29) is 0 Å². The number of rotatable bonds is 0. The van der Waals surface area contributed by atoms with Crippen LogP contribution in [0.15, 0.2) is 66.4 Å². The molecule has 18 heavy (non-hydrogen) atoms. The van der Waals surface area contributed by atoms with Gasteiger partial charge < -0.3 is 5.32 Å². The molecule has 1 heteroatoms. The Bertz CT molecular complexity index is 691. The topological polar surface area (TPSA) is 12.0 Å². The minimum absolute atomic E-state index is 0.814. The number of allylic oxidation sites excluding steroid dienone is 2. The zero-order chi connectivity index (χ0) is 12.2. The average molecular weight is 231 g/mol. The van der Waals surface area contributed by atoms with Crippen LogP contribution in [0.2, 0.25) is 0 Å². The molecule has 0 radical (unpaired) electrons. The van der Waals surface area contributed by atoms with Gasteiger partial charge in [-0.05, 0) is 35.2 Å².